The maximum atomic E-state index is 12.6. The number of nitrogens with zero attached hydrogens (tertiary/aromatic N) is 2. The zero-order valence-electron chi connectivity index (χ0n) is 14.9. The minimum Gasteiger partial charge on any atom is -0.295 e. The summed E-state index contributed by atoms with van der Waals surface area (Å²) in [6.45, 7) is 5.69. The van der Waals surface area contributed by atoms with Gasteiger partial charge in [-0.3, -0.25) is 14.7 Å². The lowest BCUT2D eigenvalue weighted by molar-refractivity contribution is 0.0955. The molecule has 132 valence electrons. The number of hydrazone groups is 1. The summed E-state index contributed by atoms with van der Waals surface area (Å²) in [5, 5.41) is 6.96. The average molecular weight is 348 g/mol. The molecule has 0 bridgehead atoms. The number of hydrogen-bond donors (Lipinski definition) is 2. The van der Waals surface area contributed by atoms with Crippen LogP contribution in [0.3, 0.4) is 0 Å². The van der Waals surface area contributed by atoms with Crippen molar-refractivity contribution in [2.45, 2.75) is 20.8 Å². The van der Waals surface area contributed by atoms with Crippen molar-refractivity contribution in [1.82, 2.24) is 15.2 Å². The highest BCUT2D eigenvalue weighted by Gasteiger charge is 2.11. The van der Waals surface area contributed by atoms with Gasteiger partial charge < -0.3 is 0 Å². The lowest BCUT2D eigenvalue weighted by atomic mass is 10.1. The molecule has 26 heavy (non-hydrogen) atoms. The molecule has 0 spiro atoms. The number of amides is 1. The van der Waals surface area contributed by atoms with Crippen LogP contribution in [0.4, 0.5) is 0 Å². The molecule has 1 heterocycles. The van der Waals surface area contributed by atoms with Crippen molar-refractivity contribution in [3.8, 4) is 5.69 Å². The standard InChI is InChI=1S/C20H20N4O2/c1-13-7-9-17(10-8-13)24-20(26)18(15(3)23-24)12-21-22-19(25)16-6-4-5-14(2)11-16/h4-12,23H,1-3H3,(H,22,25). The Morgan fingerprint density at radius 3 is 2.50 bits per heavy atom. The number of hydrogen-bond acceptors (Lipinski definition) is 3. The third-order valence-electron chi connectivity index (χ3n) is 4.05. The Morgan fingerprint density at radius 2 is 1.81 bits per heavy atom. The molecule has 0 aliphatic heterocycles. The maximum absolute atomic E-state index is 12.6. The van der Waals surface area contributed by atoms with Crippen molar-refractivity contribution in [2.75, 3.05) is 0 Å². The fourth-order valence-corrected chi connectivity index (χ4v) is 2.59. The summed E-state index contributed by atoms with van der Waals surface area (Å²) in [6, 6.07) is 14.8. The van der Waals surface area contributed by atoms with Crippen molar-refractivity contribution in [3.05, 3.63) is 86.8 Å². The normalized spacial score (nSPS) is 11.0. The van der Waals surface area contributed by atoms with E-state index in [1.165, 1.54) is 10.9 Å². The van der Waals surface area contributed by atoms with Crippen LogP contribution in [-0.2, 0) is 0 Å². The van der Waals surface area contributed by atoms with Crippen LogP contribution in [0.2, 0.25) is 0 Å². The van der Waals surface area contributed by atoms with E-state index in [0.29, 0.717) is 16.8 Å². The maximum Gasteiger partial charge on any atom is 0.280 e. The molecule has 3 aromatic rings. The van der Waals surface area contributed by atoms with Gasteiger partial charge in [-0.2, -0.15) is 5.10 Å². The van der Waals surface area contributed by atoms with E-state index in [9.17, 15) is 9.59 Å². The Labute approximate surface area is 151 Å². The molecule has 0 saturated carbocycles. The first kappa shape index (κ1) is 17.4. The van der Waals surface area contributed by atoms with Gasteiger partial charge in [0.1, 0.15) is 0 Å². The summed E-state index contributed by atoms with van der Waals surface area (Å²) < 4.78 is 1.46. The largest absolute Gasteiger partial charge is 0.295 e. The molecule has 0 unspecified atom stereocenters. The quantitative estimate of drug-likeness (QED) is 0.562. The van der Waals surface area contributed by atoms with E-state index in [1.54, 1.807) is 19.1 Å². The fraction of sp³-hybridized carbons (Fsp3) is 0.150. The van der Waals surface area contributed by atoms with Crippen LogP contribution < -0.4 is 11.0 Å². The van der Waals surface area contributed by atoms with Gasteiger partial charge in [-0.15, -0.1) is 0 Å². The number of aromatic nitrogens is 2. The van der Waals surface area contributed by atoms with E-state index < -0.39 is 0 Å². The van der Waals surface area contributed by atoms with Crippen LogP contribution in [0.25, 0.3) is 5.69 Å². The number of aromatic amines is 1. The number of rotatable bonds is 4. The minimum absolute atomic E-state index is 0.222. The number of carbonyl (C=O) groups is 1. The second-order valence-electron chi connectivity index (χ2n) is 6.20. The average Bonchev–Trinajstić information content (AvgIpc) is 2.90. The SMILES string of the molecule is Cc1ccc(-n2[nH]c(C)c(C=NNC(=O)c3cccc(C)c3)c2=O)cc1. The van der Waals surface area contributed by atoms with Crippen molar-refractivity contribution in [1.29, 1.82) is 0 Å². The van der Waals surface area contributed by atoms with Crippen molar-refractivity contribution in [3.63, 3.8) is 0 Å². The second kappa shape index (κ2) is 7.23. The predicted molar refractivity (Wildman–Crippen MR) is 102 cm³/mol. The smallest absolute Gasteiger partial charge is 0.280 e. The molecule has 0 aliphatic carbocycles. The predicted octanol–water partition coefficient (Wildman–Crippen LogP) is 2.85. The molecule has 6 nitrogen and oxygen atoms in total. The summed E-state index contributed by atoms with van der Waals surface area (Å²) >= 11 is 0. The number of carbonyl (C=O) groups excluding carboxylic acids is 1. The molecular formula is C20H20N4O2. The van der Waals surface area contributed by atoms with Crippen molar-refractivity contribution >= 4 is 12.1 Å². The number of H-pyrrole nitrogens is 1. The molecule has 0 aliphatic rings. The molecule has 6 heteroatoms. The first-order chi connectivity index (χ1) is 12.5. The topological polar surface area (TPSA) is 79.2 Å². The van der Waals surface area contributed by atoms with Gasteiger partial charge in [0.2, 0.25) is 0 Å². The molecule has 2 aromatic carbocycles. The lowest BCUT2D eigenvalue weighted by Crippen LogP contribution is -2.20. The van der Waals surface area contributed by atoms with Crippen molar-refractivity contribution in [2.24, 2.45) is 5.10 Å². The third-order valence-corrected chi connectivity index (χ3v) is 4.05. The molecule has 0 radical (unpaired) electrons. The number of nitrogens with one attached hydrogen (secondary N) is 2. The van der Waals surface area contributed by atoms with E-state index in [2.05, 4.69) is 15.6 Å². The van der Waals surface area contributed by atoms with Gasteiger partial charge in [-0.05, 0) is 45.0 Å². The highest BCUT2D eigenvalue weighted by molar-refractivity contribution is 5.95. The Balaban J connectivity index is 1.80. The van der Waals surface area contributed by atoms with Crippen LogP contribution in [0.15, 0.2) is 58.4 Å². The van der Waals surface area contributed by atoms with Gasteiger partial charge in [-0.25, -0.2) is 10.1 Å². The first-order valence-electron chi connectivity index (χ1n) is 8.24. The van der Waals surface area contributed by atoms with E-state index >= 15 is 0 Å². The molecule has 0 atom stereocenters. The van der Waals surface area contributed by atoms with Gasteiger partial charge in [0, 0.05) is 11.3 Å². The minimum atomic E-state index is -0.322. The molecule has 3 rings (SSSR count). The van der Waals surface area contributed by atoms with Gasteiger partial charge in [0.25, 0.3) is 11.5 Å². The summed E-state index contributed by atoms with van der Waals surface area (Å²) in [4.78, 5) is 24.7. The lowest BCUT2D eigenvalue weighted by Gasteiger charge is -2.01. The zero-order valence-corrected chi connectivity index (χ0v) is 14.9. The molecule has 0 saturated heterocycles. The highest BCUT2D eigenvalue weighted by Crippen LogP contribution is 2.08. The molecular weight excluding hydrogens is 328 g/mol. The Kier molecular flexibility index (Phi) is 4.84. The van der Waals surface area contributed by atoms with Gasteiger partial charge >= 0.3 is 0 Å². The van der Waals surface area contributed by atoms with Crippen LogP contribution in [0, 0.1) is 20.8 Å². The Hall–Kier alpha value is -3.41. The highest BCUT2D eigenvalue weighted by atomic mass is 16.2. The Morgan fingerprint density at radius 1 is 1.08 bits per heavy atom. The van der Waals surface area contributed by atoms with Gasteiger partial charge in [0.05, 0.1) is 17.5 Å². The van der Waals surface area contributed by atoms with Gasteiger partial charge in [0.15, 0.2) is 0 Å². The summed E-state index contributed by atoms with van der Waals surface area (Å²) in [7, 11) is 0. The third kappa shape index (κ3) is 3.64. The number of benzene rings is 2. The summed E-state index contributed by atoms with van der Waals surface area (Å²) in [6.07, 6.45) is 1.37. The molecule has 1 aromatic heterocycles. The Bertz CT molecular complexity index is 1030. The summed E-state index contributed by atoms with van der Waals surface area (Å²) in [5.74, 6) is -0.322. The van der Waals surface area contributed by atoms with Crippen LogP contribution in [0.5, 0.6) is 0 Å². The monoisotopic (exact) mass is 348 g/mol. The number of aryl methyl sites for hydroxylation is 3. The zero-order chi connectivity index (χ0) is 18.7. The van der Waals surface area contributed by atoms with Crippen molar-refractivity contribution < 1.29 is 4.79 Å². The van der Waals surface area contributed by atoms with Crippen LogP contribution in [0.1, 0.15) is 32.7 Å². The summed E-state index contributed by atoms with van der Waals surface area (Å²) in [5.41, 5.74) is 6.67. The first-order valence-corrected chi connectivity index (χ1v) is 8.24. The van der Waals surface area contributed by atoms with E-state index in [0.717, 1.165) is 16.8 Å². The fourth-order valence-electron chi connectivity index (χ4n) is 2.59. The molecule has 0 fully saturated rings. The van der Waals surface area contributed by atoms with Gasteiger partial charge in [-0.1, -0.05) is 35.4 Å². The van der Waals surface area contributed by atoms with Crippen LogP contribution in [-0.4, -0.2) is 21.9 Å². The van der Waals surface area contributed by atoms with E-state index in [4.69, 9.17) is 0 Å². The van der Waals surface area contributed by atoms with E-state index in [1.807, 2.05) is 50.2 Å². The molecule has 1 amide bonds. The van der Waals surface area contributed by atoms with E-state index in [-0.39, 0.29) is 11.5 Å². The van der Waals surface area contributed by atoms with Crippen LogP contribution >= 0.6 is 0 Å². The second-order valence-corrected chi connectivity index (χ2v) is 6.20. The molecule has 2 N–H and O–H groups in total.